The number of rotatable bonds is 3. The Labute approximate surface area is 108 Å². The lowest BCUT2D eigenvalue weighted by Crippen LogP contribution is -2.36. The molecular weight excluding hydrogens is 229 g/mol. The van der Waals surface area contributed by atoms with E-state index < -0.39 is 5.60 Å². The van der Waals surface area contributed by atoms with Crippen LogP contribution in [0.15, 0.2) is 18.3 Å². The monoisotopic (exact) mass is 251 g/mol. The summed E-state index contributed by atoms with van der Waals surface area (Å²) in [5.41, 5.74) is -0.354. The van der Waals surface area contributed by atoms with Crippen LogP contribution in [0.2, 0.25) is 0 Å². The van der Waals surface area contributed by atoms with Gasteiger partial charge >= 0.3 is 0 Å². The summed E-state index contributed by atoms with van der Waals surface area (Å²) in [6.45, 7) is 4.02. The molecule has 0 saturated heterocycles. The first kappa shape index (κ1) is 13.5. The molecule has 0 amide bonds. The molecule has 0 bridgehead atoms. The second-order valence-electron chi connectivity index (χ2n) is 5.65. The molecule has 3 heteroatoms. The molecule has 1 aliphatic carbocycles. The van der Waals surface area contributed by atoms with Crippen LogP contribution in [0.5, 0.6) is 0 Å². The quantitative estimate of drug-likeness (QED) is 0.889. The summed E-state index contributed by atoms with van der Waals surface area (Å²) >= 11 is 0. The van der Waals surface area contributed by atoms with Crippen LogP contribution in [0.1, 0.15) is 51.6 Å². The van der Waals surface area contributed by atoms with Crippen molar-refractivity contribution in [3.05, 3.63) is 29.8 Å². The van der Waals surface area contributed by atoms with Crippen LogP contribution in [0.3, 0.4) is 0 Å². The van der Waals surface area contributed by atoms with Gasteiger partial charge in [0.15, 0.2) is 0 Å². The fourth-order valence-electron chi connectivity index (χ4n) is 3.06. The predicted molar refractivity (Wildman–Crippen MR) is 69.5 cm³/mol. The lowest BCUT2D eigenvalue weighted by atomic mass is 9.71. The minimum absolute atomic E-state index is 0.231. The molecule has 1 heterocycles. The summed E-state index contributed by atoms with van der Waals surface area (Å²) in [6.07, 6.45) is 6.86. The van der Waals surface area contributed by atoms with Crippen LogP contribution in [-0.4, -0.2) is 10.1 Å². The topological polar surface area (TPSA) is 33.1 Å². The molecule has 1 saturated carbocycles. The zero-order valence-electron chi connectivity index (χ0n) is 11.2. The highest BCUT2D eigenvalue weighted by atomic mass is 19.1. The normalized spacial score (nSPS) is 27.8. The summed E-state index contributed by atoms with van der Waals surface area (Å²) in [7, 11) is 0. The van der Waals surface area contributed by atoms with Gasteiger partial charge in [-0.15, -0.1) is 0 Å². The van der Waals surface area contributed by atoms with Gasteiger partial charge in [0.2, 0.25) is 0 Å². The minimum atomic E-state index is -0.943. The van der Waals surface area contributed by atoms with Gasteiger partial charge in [0.05, 0.1) is 11.9 Å². The maximum Gasteiger partial charge on any atom is 0.141 e. The molecule has 2 rings (SSSR count). The van der Waals surface area contributed by atoms with Crippen molar-refractivity contribution in [3.63, 3.8) is 0 Å². The molecule has 1 fully saturated rings. The maximum absolute atomic E-state index is 12.9. The third-order valence-electron chi connectivity index (χ3n) is 4.40. The van der Waals surface area contributed by atoms with Crippen LogP contribution in [-0.2, 0) is 5.60 Å². The molecular formula is C15H22FNO. The van der Waals surface area contributed by atoms with E-state index in [1.807, 2.05) is 6.92 Å². The zero-order chi connectivity index (χ0) is 13.2. The molecule has 1 N–H and O–H groups in total. The molecule has 2 nitrogen and oxygen atoms in total. The Morgan fingerprint density at radius 1 is 1.44 bits per heavy atom. The Hall–Kier alpha value is -0.960. The van der Waals surface area contributed by atoms with E-state index in [0.717, 1.165) is 12.8 Å². The fourth-order valence-corrected chi connectivity index (χ4v) is 3.06. The number of pyridine rings is 1. The lowest BCUT2D eigenvalue weighted by Gasteiger charge is -2.38. The van der Waals surface area contributed by atoms with Gasteiger partial charge in [-0.25, -0.2) is 4.39 Å². The maximum atomic E-state index is 12.9. The van der Waals surface area contributed by atoms with Crippen molar-refractivity contribution >= 4 is 0 Å². The lowest BCUT2D eigenvalue weighted by molar-refractivity contribution is -0.0347. The van der Waals surface area contributed by atoms with E-state index in [-0.39, 0.29) is 11.7 Å². The largest absolute Gasteiger partial charge is 0.384 e. The zero-order valence-corrected chi connectivity index (χ0v) is 11.2. The average molecular weight is 251 g/mol. The average Bonchev–Trinajstić information content (AvgIpc) is 2.39. The first-order valence-electron chi connectivity index (χ1n) is 6.88. The van der Waals surface area contributed by atoms with Crippen LogP contribution < -0.4 is 0 Å². The van der Waals surface area contributed by atoms with Crippen molar-refractivity contribution in [1.29, 1.82) is 0 Å². The second-order valence-corrected chi connectivity index (χ2v) is 5.65. The smallest absolute Gasteiger partial charge is 0.141 e. The van der Waals surface area contributed by atoms with Gasteiger partial charge in [0.25, 0.3) is 0 Å². The van der Waals surface area contributed by atoms with E-state index in [0.29, 0.717) is 11.6 Å². The molecule has 3 unspecified atom stereocenters. The van der Waals surface area contributed by atoms with Crippen LogP contribution in [0.25, 0.3) is 0 Å². The highest BCUT2D eigenvalue weighted by Gasteiger charge is 2.37. The van der Waals surface area contributed by atoms with Crippen molar-refractivity contribution in [1.82, 2.24) is 4.98 Å². The molecule has 0 spiro atoms. The highest BCUT2D eigenvalue weighted by molar-refractivity contribution is 5.14. The predicted octanol–water partition coefficient (Wildman–Crippen LogP) is 3.64. The van der Waals surface area contributed by atoms with E-state index in [2.05, 4.69) is 11.9 Å². The van der Waals surface area contributed by atoms with Crippen molar-refractivity contribution in [2.75, 3.05) is 0 Å². The standard InChI is InChI=1S/C15H22FNO/c1-3-11-5-4-6-12(9-11)15(2,18)14-8-7-13(16)10-17-14/h7-8,10-12,18H,3-6,9H2,1-2H3. The molecule has 1 aromatic heterocycles. The Bertz CT molecular complexity index is 388. The van der Waals surface area contributed by atoms with E-state index in [9.17, 15) is 9.50 Å². The summed E-state index contributed by atoms with van der Waals surface area (Å²) < 4.78 is 12.9. The van der Waals surface area contributed by atoms with E-state index >= 15 is 0 Å². The van der Waals surface area contributed by atoms with Gasteiger partial charge in [0.1, 0.15) is 11.4 Å². The summed E-state index contributed by atoms with van der Waals surface area (Å²) in [5, 5.41) is 10.7. The molecule has 100 valence electrons. The first-order chi connectivity index (χ1) is 8.54. The van der Waals surface area contributed by atoms with Gasteiger partial charge in [-0.1, -0.05) is 26.2 Å². The number of hydrogen-bond donors (Lipinski definition) is 1. The third kappa shape index (κ3) is 2.72. The van der Waals surface area contributed by atoms with Crippen molar-refractivity contribution in [2.24, 2.45) is 11.8 Å². The Balaban J connectivity index is 2.16. The number of halogens is 1. The minimum Gasteiger partial charge on any atom is -0.384 e. The van der Waals surface area contributed by atoms with Gasteiger partial charge in [-0.3, -0.25) is 4.98 Å². The number of nitrogens with zero attached hydrogens (tertiary/aromatic N) is 1. The van der Waals surface area contributed by atoms with Crippen LogP contribution >= 0.6 is 0 Å². The molecule has 1 aromatic rings. The van der Waals surface area contributed by atoms with Crippen molar-refractivity contribution < 1.29 is 9.50 Å². The number of hydrogen-bond acceptors (Lipinski definition) is 2. The van der Waals surface area contributed by atoms with Gasteiger partial charge in [-0.05, 0) is 43.7 Å². The number of aromatic nitrogens is 1. The van der Waals surface area contributed by atoms with Crippen molar-refractivity contribution in [3.8, 4) is 0 Å². The molecule has 0 radical (unpaired) electrons. The Morgan fingerprint density at radius 2 is 2.22 bits per heavy atom. The summed E-state index contributed by atoms with van der Waals surface area (Å²) in [4.78, 5) is 4.05. The fraction of sp³-hybridized carbons (Fsp3) is 0.667. The molecule has 3 atom stereocenters. The molecule has 18 heavy (non-hydrogen) atoms. The SMILES string of the molecule is CCC1CCCC(C(C)(O)c2ccc(F)cn2)C1. The van der Waals surface area contributed by atoms with E-state index in [1.54, 1.807) is 6.07 Å². The van der Waals surface area contributed by atoms with Gasteiger partial charge in [-0.2, -0.15) is 0 Å². The Kier molecular flexibility index (Phi) is 4.00. The third-order valence-corrected chi connectivity index (χ3v) is 4.40. The van der Waals surface area contributed by atoms with Gasteiger partial charge in [0, 0.05) is 0 Å². The van der Waals surface area contributed by atoms with Crippen LogP contribution in [0.4, 0.5) is 4.39 Å². The first-order valence-corrected chi connectivity index (χ1v) is 6.88. The number of aliphatic hydroxyl groups is 1. The molecule has 1 aliphatic rings. The van der Waals surface area contributed by atoms with Gasteiger partial charge < -0.3 is 5.11 Å². The van der Waals surface area contributed by atoms with E-state index in [4.69, 9.17) is 0 Å². The summed E-state index contributed by atoms with van der Waals surface area (Å²) in [5.74, 6) is 0.578. The van der Waals surface area contributed by atoms with Crippen molar-refractivity contribution in [2.45, 2.75) is 51.6 Å². The molecule has 0 aromatic carbocycles. The van der Waals surface area contributed by atoms with E-state index in [1.165, 1.54) is 31.5 Å². The highest BCUT2D eigenvalue weighted by Crippen LogP contribution is 2.41. The molecule has 0 aliphatic heterocycles. The summed E-state index contributed by atoms with van der Waals surface area (Å²) in [6, 6.07) is 2.97. The second kappa shape index (κ2) is 5.35. The Morgan fingerprint density at radius 3 is 2.83 bits per heavy atom. The van der Waals surface area contributed by atoms with Crippen LogP contribution in [0, 0.1) is 17.7 Å².